The van der Waals surface area contributed by atoms with Crippen LogP contribution in [-0.4, -0.2) is 54.6 Å². The first-order chi connectivity index (χ1) is 7.38. The largest absolute Gasteiger partial charge is 0.481 e. The number of carboxylic acid groups (broad SMARTS) is 1. The second kappa shape index (κ2) is 6.78. The number of likely N-dealkylation sites (N-methyl/N-ethyl adjacent to an activating group) is 1. The van der Waals surface area contributed by atoms with Crippen LogP contribution in [0.25, 0.3) is 0 Å². The Hall–Kier alpha value is -1.63. The number of nitrogens with zero attached hydrogens (tertiary/aromatic N) is 1. The van der Waals surface area contributed by atoms with E-state index in [0.717, 1.165) is 0 Å². The van der Waals surface area contributed by atoms with Crippen LogP contribution < -0.4 is 10.6 Å². The van der Waals surface area contributed by atoms with Gasteiger partial charge in [-0.25, -0.2) is 4.79 Å². The second-order valence-corrected chi connectivity index (χ2v) is 3.37. The van der Waals surface area contributed by atoms with Gasteiger partial charge < -0.3 is 10.4 Å². The summed E-state index contributed by atoms with van der Waals surface area (Å²) < 4.78 is 0. The molecule has 1 unspecified atom stereocenters. The van der Waals surface area contributed by atoms with Crippen molar-refractivity contribution >= 4 is 17.9 Å². The standard InChI is InChI=1S/C9H17N3O4/c1-6(8(15)11-9(16)10-2)12(3)5-4-7(13)14/h6H,4-5H2,1-3H3,(H,13,14)(H2,10,11,15,16). The zero-order valence-electron chi connectivity index (χ0n) is 9.61. The van der Waals surface area contributed by atoms with Crippen LogP contribution in [0.15, 0.2) is 0 Å². The van der Waals surface area contributed by atoms with Crippen LogP contribution in [0.4, 0.5) is 4.79 Å². The van der Waals surface area contributed by atoms with E-state index < -0.39 is 23.9 Å². The van der Waals surface area contributed by atoms with Gasteiger partial charge in [0, 0.05) is 13.6 Å². The van der Waals surface area contributed by atoms with E-state index in [1.807, 2.05) is 0 Å². The van der Waals surface area contributed by atoms with Gasteiger partial charge in [-0.2, -0.15) is 0 Å². The van der Waals surface area contributed by atoms with Crippen molar-refractivity contribution in [2.45, 2.75) is 19.4 Å². The van der Waals surface area contributed by atoms with E-state index in [1.54, 1.807) is 18.9 Å². The summed E-state index contributed by atoms with van der Waals surface area (Å²) in [5.41, 5.74) is 0. The Kier molecular flexibility index (Phi) is 6.09. The van der Waals surface area contributed by atoms with Crippen LogP contribution in [0.5, 0.6) is 0 Å². The van der Waals surface area contributed by atoms with Gasteiger partial charge in [0.1, 0.15) is 0 Å². The molecule has 7 heteroatoms. The van der Waals surface area contributed by atoms with Crippen molar-refractivity contribution < 1.29 is 19.5 Å². The summed E-state index contributed by atoms with van der Waals surface area (Å²) in [5, 5.41) is 12.9. The van der Waals surface area contributed by atoms with E-state index in [1.165, 1.54) is 7.05 Å². The molecule has 0 aromatic heterocycles. The summed E-state index contributed by atoms with van der Waals surface area (Å²) in [5.74, 6) is -1.39. The Morgan fingerprint density at radius 3 is 2.38 bits per heavy atom. The average Bonchev–Trinajstić information content (AvgIpc) is 2.24. The van der Waals surface area contributed by atoms with Crippen LogP contribution in [0.1, 0.15) is 13.3 Å². The highest BCUT2D eigenvalue weighted by atomic mass is 16.4. The predicted octanol–water partition coefficient (Wildman–Crippen LogP) is -0.763. The third kappa shape index (κ3) is 5.30. The molecule has 92 valence electrons. The van der Waals surface area contributed by atoms with Crippen LogP contribution in [0, 0.1) is 0 Å². The number of amides is 3. The van der Waals surface area contributed by atoms with Gasteiger partial charge in [-0.1, -0.05) is 0 Å². The third-order valence-corrected chi connectivity index (χ3v) is 2.18. The molecule has 0 aromatic carbocycles. The summed E-state index contributed by atoms with van der Waals surface area (Å²) in [7, 11) is 3.03. The van der Waals surface area contributed by atoms with Gasteiger partial charge in [0.05, 0.1) is 12.5 Å². The number of nitrogens with one attached hydrogen (secondary N) is 2. The quantitative estimate of drug-likeness (QED) is 0.577. The topological polar surface area (TPSA) is 98.7 Å². The maximum absolute atomic E-state index is 11.4. The molecular formula is C9H17N3O4. The lowest BCUT2D eigenvalue weighted by molar-refractivity contribution is -0.138. The normalized spacial score (nSPS) is 12.0. The molecule has 0 aliphatic heterocycles. The van der Waals surface area contributed by atoms with Crippen molar-refractivity contribution in [1.82, 2.24) is 15.5 Å². The summed E-state index contributed by atoms with van der Waals surface area (Å²) in [6.45, 7) is 1.85. The Balaban J connectivity index is 4.10. The van der Waals surface area contributed by atoms with Gasteiger partial charge in [-0.05, 0) is 14.0 Å². The molecule has 0 rings (SSSR count). The molecule has 0 fully saturated rings. The molecule has 3 N–H and O–H groups in total. The molecule has 0 saturated heterocycles. The van der Waals surface area contributed by atoms with Crippen molar-refractivity contribution in [3.8, 4) is 0 Å². The van der Waals surface area contributed by atoms with E-state index in [4.69, 9.17) is 5.11 Å². The number of carbonyl (C=O) groups is 3. The molecule has 16 heavy (non-hydrogen) atoms. The molecule has 1 atom stereocenters. The zero-order chi connectivity index (χ0) is 12.7. The highest BCUT2D eigenvalue weighted by Gasteiger charge is 2.19. The molecule has 3 amide bonds. The smallest absolute Gasteiger partial charge is 0.321 e. The fourth-order valence-corrected chi connectivity index (χ4v) is 0.945. The maximum Gasteiger partial charge on any atom is 0.321 e. The summed E-state index contributed by atoms with van der Waals surface area (Å²) >= 11 is 0. The van der Waals surface area contributed by atoms with E-state index in [0.29, 0.717) is 0 Å². The summed E-state index contributed by atoms with van der Waals surface area (Å²) in [6, 6.07) is -1.14. The number of aliphatic carboxylic acids is 1. The molecule has 0 radical (unpaired) electrons. The Labute approximate surface area is 93.8 Å². The number of hydrogen-bond donors (Lipinski definition) is 3. The van der Waals surface area contributed by atoms with Crippen LogP contribution in [-0.2, 0) is 9.59 Å². The van der Waals surface area contributed by atoms with Crippen molar-refractivity contribution in [1.29, 1.82) is 0 Å². The van der Waals surface area contributed by atoms with Gasteiger partial charge in [-0.15, -0.1) is 0 Å². The molecule has 0 aliphatic rings. The van der Waals surface area contributed by atoms with E-state index in [-0.39, 0.29) is 13.0 Å². The van der Waals surface area contributed by atoms with Gasteiger partial charge in [0.25, 0.3) is 0 Å². The van der Waals surface area contributed by atoms with Gasteiger partial charge in [0.15, 0.2) is 0 Å². The lowest BCUT2D eigenvalue weighted by Gasteiger charge is -2.22. The minimum absolute atomic E-state index is 0.0475. The van der Waals surface area contributed by atoms with Crippen LogP contribution in [0.2, 0.25) is 0 Å². The number of carboxylic acids is 1. The molecule has 0 heterocycles. The maximum atomic E-state index is 11.4. The molecular weight excluding hydrogens is 214 g/mol. The second-order valence-electron chi connectivity index (χ2n) is 3.37. The molecule has 0 saturated carbocycles. The molecule has 0 aromatic rings. The molecule has 0 aliphatic carbocycles. The van der Waals surface area contributed by atoms with E-state index >= 15 is 0 Å². The van der Waals surface area contributed by atoms with Crippen molar-refractivity contribution in [3.63, 3.8) is 0 Å². The lowest BCUT2D eigenvalue weighted by Crippen LogP contribution is -2.48. The number of imide groups is 1. The van der Waals surface area contributed by atoms with Crippen molar-refractivity contribution in [2.75, 3.05) is 20.6 Å². The van der Waals surface area contributed by atoms with Crippen LogP contribution >= 0.6 is 0 Å². The van der Waals surface area contributed by atoms with Gasteiger partial charge in [0.2, 0.25) is 5.91 Å². The van der Waals surface area contributed by atoms with Gasteiger partial charge >= 0.3 is 12.0 Å². The monoisotopic (exact) mass is 231 g/mol. The Morgan fingerprint density at radius 2 is 1.94 bits per heavy atom. The number of rotatable bonds is 5. The third-order valence-electron chi connectivity index (χ3n) is 2.18. The average molecular weight is 231 g/mol. The first-order valence-electron chi connectivity index (χ1n) is 4.83. The zero-order valence-corrected chi connectivity index (χ0v) is 9.61. The highest BCUT2D eigenvalue weighted by molar-refractivity contribution is 5.96. The van der Waals surface area contributed by atoms with Crippen LogP contribution in [0.3, 0.4) is 0 Å². The van der Waals surface area contributed by atoms with E-state index in [9.17, 15) is 14.4 Å². The molecule has 7 nitrogen and oxygen atoms in total. The number of carbonyl (C=O) groups excluding carboxylic acids is 2. The first-order valence-corrected chi connectivity index (χ1v) is 4.83. The fraction of sp³-hybridized carbons (Fsp3) is 0.667. The summed E-state index contributed by atoms with van der Waals surface area (Å²) in [4.78, 5) is 34.2. The first kappa shape index (κ1) is 14.4. The lowest BCUT2D eigenvalue weighted by atomic mass is 10.2. The number of hydrogen-bond acceptors (Lipinski definition) is 4. The minimum Gasteiger partial charge on any atom is -0.481 e. The van der Waals surface area contributed by atoms with Gasteiger partial charge in [-0.3, -0.25) is 19.8 Å². The highest BCUT2D eigenvalue weighted by Crippen LogP contribution is 1.97. The fourth-order valence-electron chi connectivity index (χ4n) is 0.945. The number of urea groups is 1. The van der Waals surface area contributed by atoms with Crippen molar-refractivity contribution in [2.24, 2.45) is 0 Å². The van der Waals surface area contributed by atoms with E-state index in [2.05, 4.69) is 10.6 Å². The Morgan fingerprint density at radius 1 is 1.38 bits per heavy atom. The minimum atomic E-state index is -0.925. The summed E-state index contributed by atoms with van der Waals surface area (Å²) in [6.07, 6.45) is -0.0475. The molecule has 0 spiro atoms. The predicted molar refractivity (Wildman–Crippen MR) is 56.9 cm³/mol. The van der Waals surface area contributed by atoms with Crippen molar-refractivity contribution in [3.05, 3.63) is 0 Å². The molecule has 0 bridgehead atoms. The SMILES string of the molecule is CNC(=O)NC(=O)C(C)N(C)CCC(=O)O. The Bertz CT molecular complexity index is 280.